The van der Waals surface area contributed by atoms with Gasteiger partial charge in [0, 0.05) is 12.6 Å². The molecule has 0 aromatic heterocycles. The number of benzene rings is 2. The first-order valence-electron chi connectivity index (χ1n) is 9.55. The predicted octanol–water partition coefficient (Wildman–Crippen LogP) is 3.53. The van der Waals surface area contributed by atoms with E-state index in [1.807, 2.05) is 63.5 Å². The summed E-state index contributed by atoms with van der Waals surface area (Å²) >= 11 is 0. The summed E-state index contributed by atoms with van der Waals surface area (Å²) in [6.45, 7) is 2.97. The van der Waals surface area contributed by atoms with E-state index < -0.39 is 0 Å². The number of carbonyl (C=O) groups is 1. The van der Waals surface area contributed by atoms with Crippen LogP contribution in [0.2, 0.25) is 0 Å². The molecular formula is C23H30N2O4. The van der Waals surface area contributed by atoms with Crippen LogP contribution in [0.1, 0.15) is 24.1 Å². The molecule has 0 bridgehead atoms. The highest BCUT2D eigenvalue weighted by Gasteiger charge is 2.15. The van der Waals surface area contributed by atoms with Gasteiger partial charge in [-0.1, -0.05) is 18.2 Å². The molecule has 1 amide bonds. The van der Waals surface area contributed by atoms with E-state index in [0.29, 0.717) is 24.7 Å². The van der Waals surface area contributed by atoms with Gasteiger partial charge >= 0.3 is 0 Å². The van der Waals surface area contributed by atoms with E-state index in [1.165, 1.54) is 6.08 Å². The molecule has 6 nitrogen and oxygen atoms in total. The minimum absolute atomic E-state index is 0.0352. The van der Waals surface area contributed by atoms with Crippen LogP contribution >= 0.6 is 0 Å². The van der Waals surface area contributed by atoms with Gasteiger partial charge in [0.15, 0.2) is 11.5 Å². The highest BCUT2D eigenvalue weighted by Crippen LogP contribution is 2.28. The van der Waals surface area contributed by atoms with E-state index >= 15 is 0 Å². The van der Waals surface area contributed by atoms with Crippen LogP contribution in [0.3, 0.4) is 0 Å². The summed E-state index contributed by atoms with van der Waals surface area (Å²) in [5.74, 6) is 1.96. The smallest absolute Gasteiger partial charge is 0.244 e. The summed E-state index contributed by atoms with van der Waals surface area (Å²) < 4.78 is 16.2. The molecule has 29 heavy (non-hydrogen) atoms. The number of hydrogen-bond acceptors (Lipinski definition) is 5. The van der Waals surface area contributed by atoms with E-state index in [-0.39, 0.29) is 11.9 Å². The second-order valence-corrected chi connectivity index (χ2v) is 6.68. The molecule has 0 spiro atoms. The number of amides is 1. The van der Waals surface area contributed by atoms with Crippen LogP contribution in [0.15, 0.2) is 48.5 Å². The standard InChI is InChI=1S/C23H30N2O4/c1-6-29-21-12-10-17(14-22(21)28-5)11-13-23(26)24-16-20(25(2)3)18-8-7-9-19(15-18)27-4/h7-15,20H,6,16H2,1-5H3,(H,24,26). The predicted molar refractivity (Wildman–Crippen MR) is 116 cm³/mol. The van der Waals surface area contributed by atoms with Crippen LogP contribution in [0.5, 0.6) is 17.2 Å². The molecule has 1 atom stereocenters. The van der Waals surface area contributed by atoms with Gasteiger partial charge in [0.1, 0.15) is 5.75 Å². The van der Waals surface area contributed by atoms with Crippen molar-refractivity contribution in [3.63, 3.8) is 0 Å². The van der Waals surface area contributed by atoms with Crippen LogP contribution in [-0.2, 0) is 4.79 Å². The van der Waals surface area contributed by atoms with Crippen LogP contribution in [0.25, 0.3) is 6.08 Å². The van der Waals surface area contributed by atoms with Crippen LogP contribution in [0.4, 0.5) is 0 Å². The summed E-state index contributed by atoms with van der Waals surface area (Å²) in [5.41, 5.74) is 1.94. The molecule has 0 saturated heterocycles. The second kappa shape index (κ2) is 11.1. The third kappa shape index (κ3) is 6.54. The molecule has 0 aliphatic carbocycles. The lowest BCUT2D eigenvalue weighted by atomic mass is 10.1. The zero-order valence-electron chi connectivity index (χ0n) is 17.8. The lowest BCUT2D eigenvalue weighted by molar-refractivity contribution is -0.116. The minimum atomic E-state index is -0.160. The lowest BCUT2D eigenvalue weighted by Crippen LogP contribution is -2.33. The number of methoxy groups -OCH3 is 2. The average Bonchev–Trinajstić information content (AvgIpc) is 2.73. The second-order valence-electron chi connectivity index (χ2n) is 6.68. The van der Waals surface area contributed by atoms with Crippen LogP contribution < -0.4 is 19.5 Å². The highest BCUT2D eigenvalue weighted by molar-refractivity contribution is 5.91. The van der Waals surface area contributed by atoms with E-state index in [4.69, 9.17) is 14.2 Å². The quantitative estimate of drug-likeness (QED) is 0.621. The van der Waals surface area contributed by atoms with Gasteiger partial charge in [0.2, 0.25) is 5.91 Å². The van der Waals surface area contributed by atoms with Crippen molar-refractivity contribution in [2.45, 2.75) is 13.0 Å². The van der Waals surface area contributed by atoms with Gasteiger partial charge in [0.05, 0.1) is 26.9 Å². The SMILES string of the molecule is CCOc1ccc(C=CC(=O)NCC(c2cccc(OC)c2)N(C)C)cc1OC. The van der Waals surface area contributed by atoms with Crippen molar-refractivity contribution in [3.05, 3.63) is 59.7 Å². The Morgan fingerprint density at radius 3 is 2.55 bits per heavy atom. The number of likely N-dealkylation sites (N-methyl/N-ethyl adjacent to an activating group) is 1. The van der Waals surface area contributed by atoms with Gasteiger partial charge in [-0.05, 0) is 62.5 Å². The van der Waals surface area contributed by atoms with Crippen molar-refractivity contribution in [2.24, 2.45) is 0 Å². The molecule has 0 saturated carbocycles. The molecular weight excluding hydrogens is 368 g/mol. The monoisotopic (exact) mass is 398 g/mol. The third-order valence-corrected chi connectivity index (χ3v) is 4.49. The molecule has 0 radical (unpaired) electrons. The van der Waals surface area contributed by atoms with Crippen molar-refractivity contribution < 1.29 is 19.0 Å². The number of nitrogens with one attached hydrogen (secondary N) is 1. The van der Waals surface area contributed by atoms with Gasteiger partial charge in [0.25, 0.3) is 0 Å². The molecule has 156 valence electrons. The summed E-state index contributed by atoms with van der Waals surface area (Å²) in [7, 11) is 7.21. The molecule has 0 fully saturated rings. The van der Waals surface area contributed by atoms with E-state index in [2.05, 4.69) is 10.2 Å². The minimum Gasteiger partial charge on any atom is -0.497 e. The molecule has 0 aliphatic rings. The first-order valence-corrected chi connectivity index (χ1v) is 9.55. The van der Waals surface area contributed by atoms with E-state index in [9.17, 15) is 4.79 Å². The summed E-state index contributed by atoms with van der Waals surface area (Å²) in [6, 6.07) is 13.5. The van der Waals surface area contributed by atoms with E-state index in [1.54, 1.807) is 20.3 Å². The number of nitrogens with zero attached hydrogens (tertiary/aromatic N) is 1. The Bertz CT molecular complexity index is 833. The third-order valence-electron chi connectivity index (χ3n) is 4.49. The Morgan fingerprint density at radius 1 is 1.10 bits per heavy atom. The Kier molecular flexibility index (Phi) is 8.55. The van der Waals surface area contributed by atoms with Gasteiger partial charge in [-0.2, -0.15) is 0 Å². The molecule has 0 aliphatic heterocycles. The average molecular weight is 399 g/mol. The van der Waals surface area contributed by atoms with Crippen LogP contribution in [0, 0.1) is 0 Å². The van der Waals surface area contributed by atoms with Crippen molar-refractivity contribution in [3.8, 4) is 17.2 Å². The summed E-state index contributed by atoms with van der Waals surface area (Å²) in [4.78, 5) is 14.4. The Labute approximate surface area is 173 Å². The van der Waals surface area contributed by atoms with Crippen molar-refractivity contribution in [1.82, 2.24) is 10.2 Å². The Morgan fingerprint density at radius 2 is 1.90 bits per heavy atom. The van der Waals surface area contributed by atoms with Gasteiger partial charge in [-0.25, -0.2) is 0 Å². The van der Waals surface area contributed by atoms with Crippen molar-refractivity contribution >= 4 is 12.0 Å². The van der Waals surface area contributed by atoms with E-state index in [0.717, 1.165) is 16.9 Å². The lowest BCUT2D eigenvalue weighted by Gasteiger charge is -2.25. The first kappa shape index (κ1) is 22.3. The van der Waals surface area contributed by atoms with Gasteiger partial charge in [-0.15, -0.1) is 0 Å². The number of carbonyl (C=O) groups excluding carboxylic acids is 1. The summed E-state index contributed by atoms with van der Waals surface area (Å²) in [5, 5.41) is 2.97. The molecule has 1 unspecified atom stereocenters. The van der Waals surface area contributed by atoms with Gasteiger partial charge < -0.3 is 24.4 Å². The maximum absolute atomic E-state index is 12.3. The molecule has 2 rings (SSSR count). The fourth-order valence-electron chi connectivity index (χ4n) is 2.94. The largest absolute Gasteiger partial charge is 0.497 e. The maximum atomic E-state index is 12.3. The van der Waals surface area contributed by atoms with Crippen LogP contribution in [-0.4, -0.2) is 52.3 Å². The van der Waals surface area contributed by atoms with Crippen molar-refractivity contribution in [1.29, 1.82) is 0 Å². The number of hydrogen-bond donors (Lipinski definition) is 1. The topological polar surface area (TPSA) is 60.0 Å². The zero-order chi connectivity index (χ0) is 21.2. The normalized spacial score (nSPS) is 12.1. The summed E-state index contributed by atoms with van der Waals surface area (Å²) in [6.07, 6.45) is 3.28. The molecule has 1 N–H and O–H groups in total. The molecule has 2 aromatic rings. The highest BCUT2D eigenvalue weighted by atomic mass is 16.5. The Hall–Kier alpha value is -2.99. The molecule has 6 heteroatoms. The zero-order valence-corrected chi connectivity index (χ0v) is 17.8. The molecule has 2 aromatic carbocycles. The number of ether oxygens (including phenoxy) is 3. The van der Waals surface area contributed by atoms with Gasteiger partial charge in [-0.3, -0.25) is 4.79 Å². The fourth-order valence-corrected chi connectivity index (χ4v) is 2.94. The fraction of sp³-hybridized carbons (Fsp3) is 0.348. The Balaban J connectivity index is 2.01. The maximum Gasteiger partial charge on any atom is 0.244 e. The van der Waals surface area contributed by atoms with Crippen molar-refractivity contribution in [2.75, 3.05) is 41.5 Å². The molecule has 0 heterocycles. The first-order chi connectivity index (χ1) is 14.0. The number of rotatable bonds is 10.